The van der Waals surface area contributed by atoms with Crippen molar-refractivity contribution in [2.75, 3.05) is 11.9 Å². The molecule has 1 fully saturated rings. The van der Waals surface area contributed by atoms with Crippen molar-refractivity contribution < 1.29 is 4.79 Å². The number of anilines is 1. The van der Waals surface area contributed by atoms with E-state index in [1.165, 1.54) is 24.0 Å². The molecule has 2 unspecified atom stereocenters. The number of hydrogen-bond acceptors (Lipinski definition) is 2. The fourth-order valence-corrected chi connectivity index (χ4v) is 3.19. The molecule has 0 bridgehead atoms. The van der Waals surface area contributed by atoms with Crippen LogP contribution in [0.3, 0.4) is 0 Å². The lowest BCUT2D eigenvalue weighted by Crippen LogP contribution is -2.30. The van der Waals surface area contributed by atoms with Gasteiger partial charge in [-0.1, -0.05) is 12.1 Å². The number of fused-ring (bicyclic) bond motifs is 3. The Labute approximate surface area is 95.2 Å². The van der Waals surface area contributed by atoms with E-state index >= 15 is 0 Å². The van der Waals surface area contributed by atoms with Gasteiger partial charge in [0.25, 0.3) is 0 Å². The van der Waals surface area contributed by atoms with E-state index in [1.54, 1.807) is 0 Å². The normalized spacial score (nSPS) is 27.0. The Kier molecular flexibility index (Phi) is 2.40. The molecule has 1 aromatic carbocycles. The summed E-state index contributed by atoms with van der Waals surface area (Å²) in [6, 6.07) is 6.85. The van der Waals surface area contributed by atoms with Crippen LogP contribution in [0.2, 0.25) is 0 Å². The maximum Gasteiger partial charge on any atom is 0.211 e. The summed E-state index contributed by atoms with van der Waals surface area (Å²) in [5.74, 6) is 0.590. The molecule has 0 radical (unpaired) electrons. The zero-order valence-electron chi connectivity index (χ0n) is 9.20. The monoisotopic (exact) mass is 216 g/mol. The first-order valence-corrected chi connectivity index (χ1v) is 5.95. The van der Waals surface area contributed by atoms with Gasteiger partial charge in [-0.05, 0) is 43.0 Å². The van der Waals surface area contributed by atoms with Gasteiger partial charge in [0.2, 0.25) is 6.41 Å². The molecule has 2 N–H and O–H groups in total. The van der Waals surface area contributed by atoms with Gasteiger partial charge in [-0.15, -0.1) is 0 Å². The zero-order valence-corrected chi connectivity index (χ0v) is 9.20. The molecule has 1 aliphatic heterocycles. The highest BCUT2D eigenvalue weighted by Crippen LogP contribution is 2.40. The van der Waals surface area contributed by atoms with Crippen LogP contribution >= 0.6 is 0 Å². The number of carbonyl (C=O) groups excluding carboxylic acids is 1. The number of benzene rings is 1. The molecule has 0 saturated carbocycles. The lowest BCUT2D eigenvalue weighted by molar-refractivity contribution is -0.105. The summed E-state index contributed by atoms with van der Waals surface area (Å²) in [5.41, 5.74) is 3.79. The van der Waals surface area contributed by atoms with Crippen molar-refractivity contribution in [1.82, 2.24) is 5.32 Å². The van der Waals surface area contributed by atoms with Crippen LogP contribution in [0.1, 0.15) is 29.9 Å². The molecule has 3 heteroatoms. The van der Waals surface area contributed by atoms with Crippen LogP contribution in [0, 0.1) is 0 Å². The van der Waals surface area contributed by atoms with E-state index in [9.17, 15) is 4.79 Å². The number of nitrogens with one attached hydrogen (secondary N) is 2. The minimum Gasteiger partial charge on any atom is -0.328 e. The lowest BCUT2D eigenvalue weighted by Gasteiger charge is -2.29. The van der Waals surface area contributed by atoms with Crippen molar-refractivity contribution in [2.24, 2.45) is 0 Å². The van der Waals surface area contributed by atoms with Crippen LogP contribution < -0.4 is 10.6 Å². The second kappa shape index (κ2) is 3.91. The minimum atomic E-state index is 0.590. The molecule has 16 heavy (non-hydrogen) atoms. The maximum atomic E-state index is 10.6. The van der Waals surface area contributed by atoms with E-state index in [4.69, 9.17) is 0 Å². The smallest absolute Gasteiger partial charge is 0.211 e. The number of aryl methyl sites for hydroxylation is 1. The first-order chi connectivity index (χ1) is 7.90. The van der Waals surface area contributed by atoms with E-state index in [-0.39, 0.29) is 0 Å². The van der Waals surface area contributed by atoms with Gasteiger partial charge in [0, 0.05) is 17.6 Å². The molecule has 84 valence electrons. The molecular weight excluding hydrogens is 200 g/mol. The number of carbonyl (C=O) groups is 1. The summed E-state index contributed by atoms with van der Waals surface area (Å²) in [7, 11) is 0. The van der Waals surface area contributed by atoms with Crippen molar-refractivity contribution in [3.8, 4) is 0 Å². The maximum absolute atomic E-state index is 10.6. The molecule has 1 heterocycles. The molecule has 1 saturated heterocycles. The van der Waals surface area contributed by atoms with Gasteiger partial charge >= 0.3 is 0 Å². The van der Waals surface area contributed by atoms with Crippen molar-refractivity contribution in [2.45, 2.75) is 31.2 Å². The third-order valence-electron chi connectivity index (χ3n) is 3.85. The summed E-state index contributed by atoms with van der Waals surface area (Å²) in [5, 5.41) is 6.39. The highest BCUT2D eigenvalue weighted by Gasteiger charge is 2.34. The summed E-state index contributed by atoms with van der Waals surface area (Å²) in [4.78, 5) is 10.6. The molecule has 1 amide bonds. The summed E-state index contributed by atoms with van der Waals surface area (Å²) >= 11 is 0. The highest BCUT2D eigenvalue weighted by atomic mass is 16.1. The Bertz CT molecular complexity index is 416. The zero-order chi connectivity index (χ0) is 11.0. The van der Waals surface area contributed by atoms with Crippen molar-refractivity contribution in [1.29, 1.82) is 0 Å². The number of hydrogen-bond donors (Lipinski definition) is 2. The molecule has 0 aromatic heterocycles. The van der Waals surface area contributed by atoms with Gasteiger partial charge in [-0.3, -0.25) is 4.79 Å². The Morgan fingerprint density at radius 1 is 1.38 bits per heavy atom. The fraction of sp³-hybridized carbons (Fsp3) is 0.462. The Hall–Kier alpha value is -1.35. The van der Waals surface area contributed by atoms with Crippen LogP contribution in [-0.2, 0) is 11.2 Å². The van der Waals surface area contributed by atoms with Crippen LogP contribution in [0.4, 0.5) is 5.69 Å². The predicted molar refractivity (Wildman–Crippen MR) is 63.6 cm³/mol. The molecule has 0 spiro atoms. The van der Waals surface area contributed by atoms with Crippen molar-refractivity contribution in [3.63, 3.8) is 0 Å². The average Bonchev–Trinajstić information content (AvgIpc) is 2.77. The predicted octanol–water partition coefficient (Wildman–Crippen LogP) is 1.65. The van der Waals surface area contributed by atoms with Gasteiger partial charge in [0.1, 0.15) is 0 Å². The van der Waals surface area contributed by atoms with Gasteiger partial charge in [0.05, 0.1) is 0 Å². The SMILES string of the molecule is O=CNc1cccc2c1C1CCNC1CC2. The molecule has 1 aromatic rings. The molecule has 3 nitrogen and oxygen atoms in total. The minimum absolute atomic E-state index is 0.590. The summed E-state index contributed by atoms with van der Waals surface area (Å²) < 4.78 is 0. The van der Waals surface area contributed by atoms with E-state index < -0.39 is 0 Å². The van der Waals surface area contributed by atoms with Gasteiger partial charge < -0.3 is 10.6 Å². The van der Waals surface area contributed by atoms with Crippen LogP contribution in [0.25, 0.3) is 0 Å². The molecule has 2 atom stereocenters. The second-order valence-electron chi connectivity index (χ2n) is 4.64. The summed E-state index contributed by atoms with van der Waals surface area (Å²) in [6.07, 6.45) is 4.32. The molecular formula is C13H16N2O. The van der Waals surface area contributed by atoms with Gasteiger partial charge in [-0.2, -0.15) is 0 Å². The Morgan fingerprint density at radius 3 is 3.19 bits per heavy atom. The summed E-state index contributed by atoms with van der Waals surface area (Å²) in [6.45, 7) is 1.10. The topological polar surface area (TPSA) is 41.1 Å². The second-order valence-corrected chi connectivity index (χ2v) is 4.64. The molecule has 2 aliphatic rings. The van der Waals surface area contributed by atoms with Crippen LogP contribution in [-0.4, -0.2) is 19.0 Å². The van der Waals surface area contributed by atoms with Crippen molar-refractivity contribution in [3.05, 3.63) is 29.3 Å². The number of amides is 1. The third-order valence-corrected chi connectivity index (χ3v) is 3.85. The largest absolute Gasteiger partial charge is 0.328 e. The van der Waals surface area contributed by atoms with Gasteiger partial charge in [0.15, 0.2) is 0 Å². The van der Waals surface area contributed by atoms with Crippen molar-refractivity contribution >= 4 is 12.1 Å². The fourth-order valence-electron chi connectivity index (χ4n) is 3.19. The van der Waals surface area contributed by atoms with E-state index in [0.717, 1.165) is 25.1 Å². The standard InChI is InChI=1S/C13H16N2O/c16-8-15-12-3-1-2-9-4-5-11-10(13(9)12)6-7-14-11/h1-3,8,10-11,14H,4-7H2,(H,15,16). The lowest BCUT2D eigenvalue weighted by atomic mass is 9.79. The average molecular weight is 216 g/mol. The number of rotatable bonds is 2. The first kappa shape index (κ1) is 9.85. The molecule has 1 aliphatic carbocycles. The van der Waals surface area contributed by atoms with E-state index in [0.29, 0.717) is 12.0 Å². The Balaban J connectivity index is 2.07. The Morgan fingerprint density at radius 2 is 2.31 bits per heavy atom. The quantitative estimate of drug-likeness (QED) is 0.738. The van der Waals surface area contributed by atoms with E-state index in [2.05, 4.69) is 16.7 Å². The van der Waals surface area contributed by atoms with E-state index in [1.807, 2.05) is 12.1 Å². The molecule has 3 rings (SSSR count). The third kappa shape index (κ3) is 1.43. The van der Waals surface area contributed by atoms with Crippen LogP contribution in [0.5, 0.6) is 0 Å². The van der Waals surface area contributed by atoms with Crippen LogP contribution in [0.15, 0.2) is 18.2 Å². The highest BCUT2D eigenvalue weighted by molar-refractivity contribution is 5.75. The first-order valence-electron chi connectivity index (χ1n) is 5.95. The van der Waals surface area contributed by atoms with Gasteiger partial charge in [-0.25, -0.2) is 0 Å².